The number of piperazine rings is 1. The molecule has 25 heavy (non-hydrogen) atoms. The topological polar surface area (TPSA) is 18.5 Å². The quantitative estimate of drug-likeness (QED) is 0.705. The molecule has 1 aliphatic heterocycles. The SMILES string of the molecule is Cc1cccc(N2CCN(C(=S)Nc3ccc(Cl)c(Cl)c3)CC2C)c1. The molecule has 6 heteroatoms. The molecule has 0 amide bonds. The van der Waals surface area contributed by atoms with Gasteiger partial charge in [0.2, 0.25) is 0 Å². The van der Waals surface area contributed by atoms with Crippen LogP contribution in [0.1, 0.15) is 12.5 Å². The van der Waals surface area contributed by atoms with E-state index in [-0.39, 0.29) is 0 Å². The van der Waals surface area contributed by atoms with Gasteiger partial charge in [-0.2, -0.15) is 0 Å². The second kappa shape index (κ2) is 7.81. The lowest BCUT2D eigenvalue weighted by atomic mass is 10.1. The summed E-state index contributed by atoms with van der Waals surface area (Å²) in [6, 6.07) is 14.5. The third kappa shape index (κ3) is 4.38. The molecule has 0 spiro atoms. The Hall–Kier alpha value is -1.49. The number of hydrogen-bond donors (Lipinski definition) is 1. The van der Waals surface area contributed by atoms with Gasteiger partial charge in [-0.1, -0.05) is 35.3 Å². The molecule has 2 aromatic carbocycles. The number of thiocarbonyl (C=S) groups is 1. The highest BCUT2D eigenvalue weighted by atomic mass is 35.5. The van der Waals surface area contributed by atoms with Gasteiger partial charge in [0.1, 0.15) is 0 Å². The Balaban J connectivity index is 1.64. The van der Waals surface area contributed by atoms with Gasteiger partial charge in [-0.3, -0.25) is 0 Å². The first-order chi connectivity index (χ1) is 11.9. The predicted molar refractivity (Wildman–Crippen MR) is 112 cm³/mol. The average molecular weight is 394 g/mol. The summed E-state index contributed by atoms with van der Waals surface area (Å²) in [5.41, 5.74) is 3.41. The number of nitrogens with one attached hydrogen (secondary N) is 1. The van der Waals surface area contributed by atoms with Crippen LogP contribution in [0.2, 0.25) is 10.0 Å². The van der Waals surface area contributed by atoms with Gasteiger partial charge in [0, 0.05) is 37.1 Å². The first kappa shape index (κ1) is 18.3. The summed E-state index contributed by atoms with van der Waals surface area (Å²) in [5, 5.41) is 5.04. The van der Waals surface area contributed by atoms with Crippen LogP contribution in [0.5, 0.6) is 0 Å². The molecule has 3 nitrogen and oxygen atoms in total. The van der Waals surface area contributed by atoms with Crippen molar-refractivity contribution in [1.82, 2.24) is 4.90 Å². The van der Waals surface area contributed by atoms with Crippen molar-refractivity contribution in [2.24, 2.45) is 0 Å². The van der Waals surface area contributed by atoms with E-state index in [1.54, 1.807) is 12.1 Å². The summed E-state index contributed by atoms with van der Waals surface area (Å²) in [4.78, 5) is 4.64. The van der Waals surface area contributed by atoms with E-state index >= 15 is 0 Å². The molecule has 1 unspecified atom stereocenters. The average Bonchev–Trinajstić information content (AvgIpc) is 2.58. The summed E-state index contributed by atoms with van der Waals surface area (Å²) in [7, 11) is 0. The number of aryl methyl sites for hydroxylation is 1. The molecule has 2 aromatic rings. The third-order valence-electron chi connectivity index (χ3n) is 4.42. The van der Waals surface area contributed by atoms with Crippen LogP contribution in [0.3, 0.4) is 0 Å². The highest BCUT2D eigenvalue weighted by molar-refractivity contribution is 7.80. The maximum Gasteiger partial charge on any atom is 0.173 e. The van der Waals surface area contributed by atoms with Crippen molar-refractivity contribution >= 4 is 51.9 Å². The smallest absolute Gasteiger partial charge is 0.173 e. The highest BCUT2D eigenvalue weighted by Gasteiger charge is 2.25. The molecule has 1 atom stereocenters. The number of rotatable bonds is 2. The molecule has 3 rings (SSSR count). The number of halogens is 2. The standard InChI is InChI=1S/C19H21Cl2N3S/c1-13-4-3-5-16(10-13)24-9-8-23(12-14(24)2)19(25)22-15-6-7-17(20)18(21)11-15/h3-7,10-11,14H,8-9,12H2,1-2H3,(H,22,25). The molecular weight excluding hydrogens is 373 g/mol. The second-order valence-corrected chi connectivity index (χ2v) is 7.59. The fraction of sp³-hybridized carbons (Fsp3) is 0.316. The van der Waals surface area contributed by atoms with Crippen LogP contribution in [0.4, 0.5) is 11.4 Å². The number of anilines is 2. The van der Waals surface area contributed by atoms with E-state index < -0.39 is 0 Å². The molecule has 1 saturated heterocycles. The molecule has 1 fully saturated rings. The van der Waals surface area contributed by atoms with Crippen LogP contribution >= 0.6 is 35.4 Å². The molecule has 1 N–H and O–H groups in total. The lowest BCUT2D eigenvalue weighted by molar-refractivity contribution is 0.342. The van der Waals surface area contributed by atoms with Crippen molar-refractivity contribution in [3.8, 4) is 0 Å². The third-order valence-corrected chi connectivity index (χ3v) is 5.52. The molecule has 0 bridgehead atoms. The van der Waals surface area contributed by atoms with Crippen molar-refractivity contribution < 1.29 is 0 Å². The monoisotopic (exact) mass is 393 g/mol. The molecule has 1 aliphatic rings. The minimum absolute atomic E-state index is 0.379. The molecule has 132 valence electrons. The van der Waals surface area contributed by atoms with Gasteiger partial charge in [0.25, 0.3) is 0 Å². The Bertz CT molecular complexity index is 781. The largest absolute Gasteiger partial charge is 0.365 e. The van der Waals surface area contributed by atoms with Crippen molar-refractivity contribution in [3.05, 3.63) is 58.1 Å². The zero-order valence-corrected chi connectivity index (χ0v) is 16.6. The van der Waals surface area contributed by atoms with Gasteiger partial charge >= 0.3 is 0 Å². The van der Waals surface area contributed by atoms with Crippen molar-refractivity contribution in [2.45, 2.75) is 19.9 Å². The highest BCUT2D eigenvalue weighted by Crippen LogP contribution is 2.26. The second-order valence-electron chi connectivity index (χ2n) is 6.39. The lowest BCUT2D eigenvalue weighted by Crippen LogP contribution is -2.54. The van der Waals surface area contributed by atoms with Crippen molar-refractivity contribution in [2.75, 3.05) is 29.9 Å². The summed E-state index contributed by atoms with van der Waals surface area (Å²) < 4.78 is 0. The van der Waals surface area contributed by atoms with E-state index in [0.29, 0.717) is 21.2 Å². The summed E-state index contributed by atoms with van der Waals surface area (Å²) in [5.74, 6) is 0. The van der Waals surface area contributed by atoms with Gasteiger partial charge in [-0.15, -0.1) is 0 Å². The maximum absolute atomic E-state index is 6.07. The molecule has 1 heterocycles. The molecular formula is C19H21Cl2N3S. The lowest BCUT2D eigenvalue weighted by Gasteiger charge is -2.42. The van der Waals surface area contributed by atoms with Gasteiger partial charge in [-0.25, -0.2) is 0 Å². The summed E-state index contributed by atoms with van der Waals surface area (Å²) >= 11 is 17.6. The van der Waals surface area contributed by atoms with Crippen LogP contribution in [0.15, 0.2) is 42.5 Å². The van der Waals surface area contributed by atoms with Gasteiger partial charge in [0.15, 0.2) is 5.11 Å². The Morgan fingerprint density at radius 2 is 1.92 bits per heavy atom. The molecule has 0 saturated carbocycles. The van der Waals surface area contributed by atoms with E-state index in [1.807, 2.05) is 6.07 Å². The minimum Gasteiger partial charge on any atom is -0.365 e. The fourth-order valence-electron chi connectivity index (χ4n) is 3.11. The van der Waals surface area contributed by atoms with Crippen molar-refractivity contribution in [3.63, 3.8) is 0 Å². The van der Waals surface area contributed by atoms with E-state index in [1.165, 1.54) is 11.3 Å². The Morgan fingerprint density at radius 1 is 1.12 bits per heavy atom. The normalized spacial score (nSPS) is 17.5. The molecule has 0 radical (unpaired) electrons. The van der Waals surface area contributed by atoms with Gasteiger partial charge < -0.3 is 15.1 Å². The van der Waals surface area contributed by atoms with Crippen LogP contribution in [0.25, 0.3) is 0 Å². The van der Waals surface area contributed by atoms with E-state index in [4.69, 9.17) is 35.4 Å². The fourth-order valence-corrected chi connectivity index (χ4v) is 3.69. The zero-order chi connectivity index (χ0) is 18.0. The van der Waals surface area contributed by atoms with E-state index in [0.717, 1.165) is 25.3 Å². The number of hydrogen-bond acceptors (Lipinski definition) is 2. The van der Waals surface area contributed by atoms with Crippen LogP contribution in [-0.4, -0.2) is 35.7 Å². The van der Waals surface area contributed by atoms with Crippen LogP contribution < -0.4 is 10.2 Å². The predicted octanol–water partition coefficient (Wildman–Crippen LogP) is 5.21. The van der Waals surface area contributed by atoms with E-state index in [9.17, 15) is 0 Å². The number of nitrogens with zero attached hydrogens (tertiary/aromatic N) is 2. The Kier molecular flexibility index (Phi) is 5.72. The summed E-state index contributed by atoms with van der Waals surface area (Å²) in [6.45, 7) is 7.05. The van der Waals surface area contributed by atoms with Gasteiger partial charge in [0.05, 0.1) is 10.0 Å². The Morgan fingerprint density at radius 3 is 2.60 bits per heavy atom. The number of benzene rings is 2. The van der Waals surface area contributed by atoms with Crippen molar-refractivity contribution in [1.29, 1.82) is 0 Å². The maximum atomic E-state index is 6.07. The van der Waals surface area contributed by atoms with E-state index in [2.05, 4.69) is 53.2 Å². The molecule has 0 aromatic heterocycles. The van der Waals surface area contributed by atoms with Crippen LogP contribution in [-0.2, 0) is 0 Å². The summed E-state index contributed by atoms with van der Waals surface area (Å²) in [6.07, 6.45) is 0. The molecule has 0 aliphatic carbocycles. The van der Waals surface area contributed by atoms with Crippen LogP contribution in [0, 0.1) is 6.92 Å². The van der Waals surface area contributed by atoms with Gasteiger partial charge in [-0.05, 0) is 62.0 Å². The zero-order valence-electron chi connectivity index (χ0n) is 14.3. The first-order valence-corrected chi connectivity index (χ1v) is 9.45. The minimum atomic E-state index is 0.379. The Labute approximate surface area is 164 Å². The first-order valence-electron chi connectivity index (χ1n) is 8.28.